The van der Waals surface area contributed by atoms with E-state index in [1.54, 1.807) is 6.07 Å². The van der Waals surface area contributed by atoms with Crippen LogP contribution in [0.5, 0.6) is 0 Å². The van der Waals surface area contributed by atoms with E-state index in [0.29, 0.717) is 5.56 Å². The fourth-order valence-corrected chi connectivity index (χ4v) is 2.50. The predicted octanol–water partition coefficient (Wildman–Crippen LogP) is 2.38. The molecule has 17 heavy (non-hydrogen) atoms. The molecule has 0 saturated carbocycles. The van der Waals surface area contributed by atoms with Crippen molar-refractivity contribution in [3.8, 4) is 0 Å². The van der Waals surface area contributed by atoms with Gasteiger partial charge in [0.2, 0.25) is 0 Å². The molecule has 1 aliphatic rings. The van der Waals surface area contributed by atoms with Gasteiger partial charge in [0.15, 0.2) is 5.78 Å². The van der Waals surface area contributed by atoms with Crippen molar-refractivity contribution in [2.24, 2.45) is 0 Å². The van der Waals surface area contributed by atoms with E-state index in [9.17, 15) is 9.90 Å². The Balaban J connectivity index is 2.16. The lowest BCUT2D eigenvalue weighted by Gasteiger charge is -2.14. The highest BCUT2D eigenvalue weighted by Gasteiger charge is 2.38. The third kappa shape index (κ3) is 1.49. The fraction of sp³-hybridized carbons (Fsp3) is 0.133. The van der Waals surface area contributed by atoms with Gasteiger partial charge in [-0.2, -0.15) is 0 Å². The topological polar surface area (TPSA) is 37.3 Å². The van der Waals surface area contributed by atoms with Crippen molar-refractivity contribution >= 4 is 5.78 Å². The minimum atomic E-state index is -0.949. The Morgan fingerprint density at radius 1 is 0.882 bits per heavy atom. The van der Waals surface area contributed by atoms with Gasteiger partial charge < -0.3 is 5.11 Å². The van der Waals surface area contributed by atoms with Gasteiger partial charge in [0.05, 0.1) is 0 Å². The molecule has 0 spiro atoms. The average molecular weight is 224 g/mol. The van der Waals surface area contributed by atoms with Crippen molar-refractivity contribution in [1.82, 2.24) is 0 Å². The molecule has 0 heterocycles. The molecule has 2 atom stereocenters. The van der Waals surface area contributed by atoms with Crippen LogP contribution in [0.1, 0.15) is 27.4 Å². The van der Waals surface area contributed by atoms with Gasteiger partial charge in [0, 0.05) is 11.5 Å². The summed E-state index contributed by atoms with van der Waals surface area (Å²) in [6, 6.07) is 17.1. The summed E-state index contributed by atoms with van der Waals surface area (Å²) < 4.78 is 0. The Bertz CT molecular complexity index is 560. The summed E-state index contributed by atoms with van der Waals surface area (Å²) in [6.45, 7) is 0. The normalized spacial score (nSPS) is 22.5. The molecule has 2 heteroatoms. The zero-order chi connectivity index (χ0) is 11.8. The quantitative estimate of drug-likeness (QED) is 0.807. The van der Waals surface area contributed by atoms with Gasteiger partial charge in [0.25, 0.3) is 0 Å². The van der Waals surface area contributed by atoms with Gasteiger partial charge in [-0.15, -0.1) is 0 Å². The molecule has 0 radical (unpaired) electrons. The van der Waals surface area contributed by atoms with Crippen LogP contribution in [-0.2, 0) is 0 Å². The third-order valence-electron chi connectivity index (χ3n) is 3.30. The van der Waals surface area contributed by atoms with Crippen LogP contribution in [0.3, 0.4) is 0 Å². The summed E-state index contributed by atoms with van der Waals surface area (Å²) in [4.78, 5) is 11.9. The van der Waals surface area contributed by atoms with E-state index in [2.05, 4.69) is 0 Å². The summed E-state index contributed by atoms with van der Waals surface area (Å²) in [7, 11) is 0. The molecule has 1 N–H and O–H groups in total. The van der Waals surface area contributed by atoms with Crippen molar-refractivity contribution in [3.05, 3.63) is 71.3 Å². The molecule has 2 aromatic carbocycles. The van der Waals surface area contributed by atoms with Crippen LogP contribution in [0.2, 0.25) is 0 Å². The van der Waals surface area contributed by atoms with Crippen molar-refractivity contribution < 1.29 is 9.90 Å². The largest absolute Gasteiger partial charge is 0.384 e. The zero-order valence-corrected chi connectivity index (χ0v) is 9.21. The summed E-state index contributed by atoms with van der Waals surface area (Å²) >= 11 is 0. The van der Waals surface area contributed by atoms with E-state index in [-0.39, 0.29) is 11.7 Å². The van der Waals surface area contributed by atoms with E-state index < -0.39 is 6.10 Å². The molecule has 0 saturated heterocycles. The first-order valence-corrected chi connectivity index (χ1v) is 5.65. The monoisotopic (exact) mass is 224 g/mol. The van der Waals surface area contributed by atoms with Crippen LogP contribution in [-0.4, -0.2) is 17.0 Å². The number of rotatable bonds is 1. The first kappa shape index (κ1) is 10.2. The Kier molecular flexibility index (Phi) is 2.30. The maximum absolute atomic E-state index is 11.9. The summed E-state index contributed by atoms with van der Waals surface area (Å²) in [5, 5.41) is 10.1. The van der Waals surface area contributed by atoms with Crippen LogP contribution >= 0.6 is 0 Å². The average Bonchev–Trinajstić information content (AvgIpc) is 2.64. The third-order valence-corrected chi connectivity index (χ3v) is 3.30. The number of carbonyl (C=O) groups is 1. The molecule has 1 aliphatic carbocycles. The molecular weight excluding hydrogens is 212 g/mol. The number of aliphatic hydroxyl groups excluding tert-OH is 1. The maximum Gasteiger partial charge on any atom is 0.192 e. The molecule has 0 aliphatic heterocycles. The number of ketones is 1. The molecule has 0 amide bonds. The molecule has 84 valence electrons. The van der Waals surface area contributed by atoms with E-state index in [0.717, 1.165) is 11.1 Å². The van der Waals surface area contributed by atoms with E-state index >= 15 is 0 Å². The van der Waals surface area contributed by atoms with Crippen molar-refractivity contribution in [3.63, 3.8) is 0 Å². The van der Waals surface area contributed by atoms with E-state index in [1.807, 2.05) is 48.5 Å². The highest BCUT2D eigenvalue weighted by atomic mass is 16.3. The van der Waals surface area contributed by atoms with Crippen LogP contribution in [0.15, 0.2) is 54.6 Å². The fourth-order valence-electron chi connectivity index (χ4n) is 2.50. The van der Waals surface area contributed by atoms with Crippen molar-refractivity contribution in [2.75, 3.05) is 0 Å². The Labute approximate surface area is 99.5 Å². The summed E-state index contributed by atoms with van der Waals surface area (Å²) in [5.41, 5.74) is 2.56. The number of hydrogen-bond donors (Lipinski definition) is 1. The molecule has 3 rings (SSSR count). The number of fused-ring (bicyclic) bond motifs is 1. The second-order valence-electron chi connectivity index (χ2n) is 4.28. The summed E-state index contributed by atoms with van der Waals surface area (Å²) in [6.07, 6.45) is -0.949. The van der Waals surface area contributed by atoms with Crippen LogP contribution in [0, 0.1) is 0 Å². The Hall–Kier alpha value is -1.93. The Morgan fingerprint density at radius 2 is 1.53 bits per heavy atom. The van der Waals surface area contributed by atoms with Gasteiger partial charge in [-0.3, -0.25) is 4.79 Å². The van der Waals surface area contributed by atoms with Crippen molar-refractivity contribution in [2.45, 2.75) is 12.0 Å². The highest BCUT2D eigenvalue weighted by molar-refractivity contribution is 6.05. The molecule has 0 bridgehead atoms. The number of hydrogen-bond acceptors (Lipinski definition) is 2. The SMILES string of the molecule is O=C1c2ccccc2[C@@H](c2ccccc2)[C@H]1O. The number of carbonyl (C=O) groups excluding carboxylic acids is 1. The maximum atomic E-state index is 11.9. The van der Waals surface area contributed by atoms with Crippen molar-refractivity contribution in [1.29, 1.82) is 0 Å². The second-order valence-corrected chi connectivity index (χ2v) is 4.28. The van der Waals surface area contributed by atoms with Crippen LogP contribution in [0.25, 0.3) is 0 Å². The lowest BCUT2D eigenvalue weighted by atomic mass is 9.91. The number of aliphatic hydroxyl groups is 1. The number of Topliss-reactive ketones (excluding diaryl/α,β-unsaturated/α-hetero) is 1. The van der Waals surface area contributed by atoms with Gasteiger partial charge in [0.1, 0.15) is 6.10 Å². The molecule has 0 fully saturated rings. The first-order valence-electron chi connectivity index (χ1n) is 5.65. The highest BCUT2D eigenvalue weighted by Crippen LogP contribution is 2.37. The van der Waals surface area contributed by atoms with Gasteiger partial charge in [-0.05, 0) is 11.1 Å². The van der Waals surface area contributed by atoms with E-state index in [1.165, 1.54) is 0 Å². The standard InChI is InChI=1S/C15H12O2/c16-14-12-9-5-4-8-11(12)13(15(14)17)10-6-2-1-3-7-10/h1-9,13,15,17H/t13-,15-/m1/s1. The predicted molar refractivity (Wildman–Crippen MR) is 65.1 cm³/mol. The number of benzene rings is 2. The van der Waals surface area contributed by atoms with Gasteiger partial charge in [-0.1, -0.05) is 54.6 Å². The van der Waals surface area contributed by atoms with Gasteiger partial charge in [-0.25, -0.2) is 0 Å². The van der Waals surface area contributed by atoms with Gasteiger partial charge >= 0.3 is 0 Å². The smallest absolute Gasteiger partial charge is 0.192 e. The van der Waals surface area contributed by atoms with E-state index in [4.69, 9.17) is 0 Å². The first-order chi connectivity index (χ1) is 8.29. The minimum Gasteiger partial charge on any atom is -0.384 e. The molecular formula is C15H12O2. The van der Waals surface area contributed by atoms with Crippen LogP contribution in [0.4, 0.5) is 0 Å². The summed E-state index contributed by atoms with van der Waals surface area (Å²) in [5.74, 6) is -0.394. The molecule has 0 aromatic heterocycles. The second kappa shape index (κ2) is 3.82. The molecule has 2 aromatic rings. The lowest BCUT2D eigenvalue weighted by Crippen LogP contribution is -2.20. The lowest BCUT2D eigenvalue weighted by molar-refractivity contribution is 0.0754. The molecule has 0 unspecified atom stereocenters. The minimum absolute atomic E-state index is 0.172. The molecule has 2 nitrogen and oxygen atoms in total. The van der Waals surface area contributed by atoms with Crippen LogP contribution < -0.4 is 0 Å². The Morgan fingerprint density at radius 3 is 2.29 bits per heavy atom. The zero-order valence-electron chi connectivity index (χ0n) is 9.21.